The van der Waals surface area contributed by atoms with Crippen LogP contribution in [0.5, 0.6) is 5.75 Å². The maximum absolute atomic E-state index is 5.87. The fourth-order valence-corrected chi connectivity index (χ4v) is 2.41. The monoisotopic (exact) mass is 311 g/mol. The number of anilines is 1. The van der Waals surface area contributed by atoms with Gasteiger partial charge in [0.15, 0.2) is 5.75 Å². The van der Waals surface area contributed by atoms with E-state index in [9.17, 15) is 0 Å². The van der Waals surface area contributed by atoms with E-state index in [4.69, 9.17) is 22.1 Å². The van der Waals surface area contributed by atoms with E-state index in [0.29, 0.717) is 23.1 Å². The van der Waals surface area contributed by atoms with E-state index >= 15 is 0 Å². The first kappa shape index (κ1) is 12.3. The third-order valence-electron chi connectivity index (χ3n) is 2.26. The molecule has 0 atom stereocenters. The van der Waals surface area contributed by atoms with Gasteiger partial charge >= 0.3 is 0 Å². The molecule has 0 aliphatic carbocycles. The van der Waals surface area contributed by atoms with Gasteiger partial charge < -0.3 is 10.5 Å². The van der Waals surface area contributed by atoms with Crippen molar-refractivity contribution in [3.05, 3.63) is 57.5 Å². The molecule has 0 aliphatic heterocycles. The minimum Gasteiger partial charge on any atom is -0.486 e. The summed E-state index contributed by atoms with van der Waals surface area (Å²) in [5, 5.41) is 0.585. The molecule has 4 heteroatoms. The Morgan fingerprint density at radius 3 is 2.53 bits per heavy atom. The van der Waals surface area contributed by atoms with Crippen molar-refractivity contribution >= 4 is 33.2 Å². The first-order chi connectivity index (χ1) is 8.16. The highest BCUT2D eigenvalue weighted by atomic mass is 79.9. The van der Waals surface area contributed by atoms with Gasteiger partial charge in [0.25, 0.3) is 0 Å². The number of rotatable bonds is 3. The minimum absolute atomic E-state index is 0.477. The Balaban J connectivity index is 2.15. The molecule has 0 saturated heterocycles. The Hall–Kier alpha value is -1.19. The Morgan fingerprint density at radius 2 is 1.88 bits per heavy atom. The summed E-state index contributed by atoms with van der Waals surface area (Å²) >= 11 is 9.26. The highest BCUT2D eigenvalue weighted by Crippen LogP contribution is 2.34. The Kier molecular flexibility index (Phi) is 3.92. The molecule has 0 heterocycles. The molecule has 0 aromatic heterocycles. The number of ether oxygens (including phenoxy) is 1. The lowest BCUT2D eigenvalue weighted by molar-refractivity contribution is 0.306. The molecule has 0 fully saturated rings. The Bertz CT molecular complexity index is 493. The highest BCUT2D eigenvalue weighted by Gasteiger charge is 2.07. The molecular weight excluding hydrogens is 302 g/mol. The molecule has 2 aromatic carbocycles. The summed E-state index contributed by atoms with van der Waals surface area (Å²) in [6, 6.07) is 13.3. The van der Waals surface area contributed by atoms with Gasteiger partial charge in [-0.15, -0.1) is 0 Å². The molecule has 17 heavy (non-hydrogen) atoms. The minimum atomic E-state index is 0.477. The van der Waals surface area contributed by atoms with E-state index in [1.54, 1.807) is 12.1 Å². The summed E-state index contributed by atoms with van der Waals surface area (Å²) in [7, 11) is 0. The zero-order valence-corrected chi connectivity index (χ0v) is 11.3. The second-order valence-corrected chi connectivity index (χ2v) is 4.87. The second kappa shape index (κ2) is 5.43. The van der Waals surface area contributed by atoms with Crippen molar-refractivity contribution in [3.63, 3.8) is 0 Å². The Morgan fingerprint density at radius 1 is 1.18 bits per heavy atom. The molecule has 2 nitrogen and oxygen atoms in total. The van der Waals surface area contributed by atoms with Crippen molar-refractivity contribution in [2.24, 2.45) is 0 Å². The van der Waals surface area contributed by atoms with E-state index < -0.39 is 0 Å². The molecule has 2 aromatic rings. The summed E-state index contributed by atoms with van der Waals surface area (Å²) in [5.74, 6) is 0.623. The molecule has 2 N–H and O–H groups in total. The van der Waals surface area contributed by atoms with Gasteiger partial charge in [-0.3, -0.25) is 0 Å². The third-order valence-corrected chi connectivity index (χ3v) is 3.07. The lowest BCUT2D eigenvalue weighted by Crippen LogP contribution is -1.99. The number of nitrogen functional groups attached to an aromatic ring is 1. The molecule has 88 valence electrons. The van der Waals surface area contributed by atoms with Gasteiger partial charge in [-0.2, -0.15) is 0 Å². The van der Waals surface area contributed by atoms with Crippen molar-refractivity contribution in [2.45, 2.75) is 6.61 Å². The number of benzene rings is 2. The van der Waals surface area contributed by atoms with Gasteiger partial charge in [-0.25, -0.2) is 0 Å². The molecule has 0 radical (unpaired) electrons. The number of nitrogens with two attached hydrogens (primary N) is 1. The highest BCUT2D eigenvalue weighted by molar-refractivity contribution is 9.10. The molecule has 0 unspecified atom stereocenters. The van der Waals surface area contributed by atoms with Crippen LogP contribution in [0.2, 0.25) is 5.02 Å². The van der Waals surface area contributed by atoms with Gasteiger partial charge in [0.2, 0.25) is 0 Å². The fourth-order valence-electron chi connectivity index (χ4n) is 1.46. The van der Waals surface area contributed by atoms with Crippen LogP contribution < -0.4 is 10.5 Å². The normalized spacial score (nSPS) is 10.2. The molecule has 0 spiro atoms. The van der Waals surface area contributed by atoms with E-state index in [1.807, 2.05) is 30.3 Å². The molecule has 0 aliphatic rings. The van der Waals surface area contributed by atoms with Gasteiger partial charge in [0.1, 0.15) is 6.61 Å². The van der Waals surface area contributed by atoms with Crippen molar-refractivity contribution in [1.82, 2.24) is 0 Å². The van der Waals surface area contributed by atoms with Crippen molar-refractivity contribution in [2.75, 3.05) is 5.73 Å². The lowest BCUT2D eigenvalue weighted by atomic mass is 10.2. The zero-order valence-electron chi connectivity index (χ0n) is 8.99. The first-order valence-electron chi connectivity index (χ1n) is 5.08. The van der Waals surface area contributed by atoms with Crippen molar-refractivity contribution < 1.29 is 4.74 Å². The molecule has 2 rings (SSSR count). The second-order valence-electron chi connectivity index (χ2n) is 3.58. The van der Waals surface area contributed by atoms with Crippen LogP contribution in [0.25, 0.3) is 0 Å². The quantitative estimate of drug-likeness (QED) is 0.859. The van der Waals surface area contributed by atoms with Crippen molar-refractivity contribution in [3.8, 4) is 5.75 Å². The number of hydrogen-bond acceptors (Lipinski definition) is 2. The van der Waals surface area contributed by atoms with Crippen molar-refractivity contribution in [1.29, 1.82) is 0 Å². The van der Waals surface area contributed by atoms with Crippen LogP contribution in [0.4, 0.5) is 5.69 Å². The van der Waals surface area contributed by atoms with E-state index in [-0.39, 0.29) is 0 Å². The standard InChI is InChI=1S/C13H11BrClNO/c14-11-6-10(15)7-12(16)13(11)17-8-9-4-2-1-3-5-9/h1-7H,8,16H2. The van der Waals surface area contributed by atoms with E-state index in [2.05, 4.69) is 15.9 Å². The van der Waals surface area contributed by atoms with E-state index in [1.165, 1.54) is 0 Å². The zero-order chi connectivity index (χ0) is 12.3. The maximum atomic E-state index is 5.87. The van der Waals surface area contributed by atoms with Gasteiger partial charge in [0.05, 0.1) is 10.2 Å². The first-order valence-corrected chi connectivity index (χ1v) is 6.25. The van der Waals surface area contributed by atoms with E-state index in [0.717, 1.165) is 10.0 Å². The number of halogens is 2. The van der Waals surface area contributed by atoms with Gasteiger partial charge in [-0.1, -0.05) is 41.9 Å². The van der Waals surface area contributed by atoms with Crippen LogP contribution >= 0.6 is 27.5 Å². The van der Waals surface area contributed by atoms with Crippen LogP contribution in [0, 0.1) is 0 Å². The van der Waals surface area contributed by atoms with Crippen LogP contribution in [0.3, 0.4) is 0 Å². The van der Waals surface area contributed by atoms with Gasteiger partial charge in [0, 0.05) is 5.02 Å². The maximum Gasteiger partial charge on any atom is 0.156 e. The Labute approximate surface area is 113 Å². The topological polar surface area (TPSA) is 35.2 Å². The van der Waals surface area contributed by atoms with Crippen LogP contribution in [0.1, 0.15) is 5.56 Å². The largest absolute Gasteiger partial charge is 0.486 e. The third kappa shape index (κ3) is 3.14. The van der Waals surface area contributed by atoms with Crippen LogP contribution in [-0.2, 0) is 6.61 Å². The smallest absolute Gasteiger partial charge is 0.156 e. The molecule has 0 bridgehead atoms. The predicted molar refractivity (Wildman–Crippen MR) is 74.3 cm³/mol. The average Bonchev–Trinajstić information content (AvgIpc) is 2.29. The summed E-state index contributed by atoms with van der Waals surface area (Å²) in [6.07, 6.45) is 0. The van der Waals surface area contributed by atoms with Crippen LogP contribution in [-0.4, -0.2) is 0 Å². The van der Waals surface area contributed by atoms with Gasteiger partial charge in [-0.05, 0) is 33.6 Å². The molecule has 0 amide bonds. The summed E-state index contributed by atoms with van der Waals surface area (Å²) in [4.78, 5) is 0. The molecule has 0 saturated carbocycles. The summed E-state index contributed by atoms with van der Waals surface area (Å²) in [6.45, 7) is 0.477. The fraction of sp³-hybridized carbons (Fsp3) is 0.0769. The van der Waals surface area contributed by atoms with Crippen LogP contribution in [0.15, 0.2) is 46.9 Å². The predicted octanol–water partition coefficient (Wildman–Crippen LogP) is 4.26. The summed E-state index contributed by atoms with van der Waals surface area (Å²) in [5.41, 5.74) is 7.47. The SMILES string of the molecule is Nc1cc(Cl)cc(Br)c1OCc1ccccc1. The molecular formula is C13H11BrClNO. The summed E-state index contributed by atoms with van der Waals surface area (Å²) < 4.78 is 6.44. The number of hydrogen-bond donors (Lipinski definition) is 1. The average molecular weight is 313 g/mol. The lowest BCUT2D eigenvalue weighted by Gasteiger charge is -2.11.